The molecule has 2 N–H and O–H groups in total. The van der Waals surface area contributed by atoms with Crippen molar-refractivity contribution < 1.29 is 17.9 Å². The van der Waals surface area contributed by atoms with Crippen LogP contribution in [0.4, 0.5) is 5.69 Å². The van der Waals surface area contributed by atoms with Crippen LogP contribution in [0.3, 0.4) is 0 Å². The van der Waals surface area contributed by atoms with Crippen LogP contribution < -0.4 is 14.8 Å². The van der Waals surface area contributed by atoms with E-state index in [1.807, 2.05) is 6.92 Å². The first-order valence-corrected chi connectivity index (χ1v) is 9.62. The highest BCUT2D eigenvalue weighted by molar-refractivity contribution is 7.92. The summed E-state index contributed by atoms with van der Waals surface area (Å²) in [5, 5.41) is 2.78. The first kappa shape index (κ1) is 18.7. The fourth-order valence-electron chi connectivity index (χ4n) is 1.93. The van der Waals surface area contributed by atoms with Gasteiger partial charge in [0.15, 0.2) is 0 Å². The molecule has 25 heavy (non-hydrogen) atoms. The Morgan fingerprint density at radius 2 is 1.88 bits per heavy atom. The highest BCUT2D eigenvalue weighted by Crippen LogP contribution is 2.24. The van der Waals surface area contributed by atoms with E-state index in [-0.39, 0.29) is 17.5 Å². The van der Waals surface area contributed by atoms with Crippen molar-refractivity contribution in [1.29, 1.82) is 0 Å². The Balaban J connectivity index is 2.14. The van der Waals surface area contributed by atoms with Gasteiger partial charge in [-0.05, 0) is 49.7 Å². The molecule has 0 saturated carbocycles. The van der Waals surface area contributed by atoms with Crippen LogP contribution in [0.5, 0.6) is 11.6 Å². The van der Waals surface area contributed by atoms with E-state index in [1.165, 1.54) is 6.20 Å². The first-order chi connectivity index (χ1) is 11.9. The number of aromatic nitrogens is 1. The van der Waals surface area contributed by atoms with Crippen LogP contribution in [0.25, 0.3) is 0 Å². The number of benzene rings is 1. The average molecular weight is 363 g/mol. The van der Waals surface area contributed by atoms with Gasteiger partial charge in [0.25, 0.3) is 5.91 Å². The van der Waals surface area contributed by atoms with Crippen molar-refractivity contribution in [2.75, 3.05) is 17.0 Å². The number of hydrogen-bond acceptors (Lipinski definition) is 5. The van der Waals surface area contributed by atoms with Crippen molar-refractivity contribution >= 4 is 21.6 Å². The third kappa shape index (κ3) is 5.46. The lowest BCUT2D eigenvalue weighted by Gasteiger charge is -2.11. The Labute approximate surface area is 147 Å². The molecule has 1 aromatic carbocycles. The molecular formula is C17H21N3O4S. The molecule has 0 aliphatic heterocycles. The van der Waals surface area contributed by atoms with Gasteiger partial charge in [0.1, 0.15) is 11.3 Å². The minimum atomic E-state index is -3.33. The Morgan fingerprint density at radius 3 is 2.52 bits per heavy atom. The van der Waals surface area contributed by atoms with Crippen LogP contribution >= 0.6 is 0 Å². The molecular weight excluding hydrogens is 342 g/mol. The summed E-state index contributed by atoms with van der Waals surface area (Å²) in [5.74, 6) is 0.382. The minimum absolute atomic E-state index is 0.00455. The van der Waals surface area contributed by atoms with Crippen molar-refractivity contribution in [2.45, 2.75) is 20.3 Å². The van der Waals surface area contributed by atoms with Crippen LogP contribution in [0.2, 0.25) is 0 Å². The first-order valence-electron chi connectivity index (χ1n) is 7.96. The number of amides is 1. The van der Waals surface area contributed by atoms with Crippen LogP contribution in [-0.4, -0.2) is 31.6 Å². The summed E-state index contributed by atoms with van der Waals surface area (Å²) in [7, 11) is -3.33. The largest absolute Gasteiger partial charge is 0.438 e. The quantitative estimate of drug-likeness (QED) is 0.751. The second kappa shape index (κ2) is 8.48. The average Bonchev–Trinajstić information content (AvgIpc) is 2.61. The lowest BCUT2D eigenvalue weighted by atomic mass is 10.2. The minimum Gasteiger partial charge on any atom is -0.438 e. The molecule has 2 aromatic rings. The van der Waals surface area contributed by atoms with Gasteiger partial charge in [-0.2, -0.15) is 0 Å². The molecule has 8 heteroatoms. The van der Waals surface area contributed by atoms with E-state index in [1.54, 1.807) is 43.3 Å². The van der Waals surface area contributed by atoms with Crippen LogP contribution in [0.15, 0.2) is 42.6 Å². The topological polar surface area (TPSA) is 97.4 Å². The molecule has 1 aromatic heterocycles. The number of carbonyl (C=O) groups is 1. The Hall–Kier alpha value is -2.61. The van der Waals surface area contributed by atoms with Crippen LogP contribution in [0, 0.1) is 0 Å². The molecule has 7 nitrogen and oxygen atoms in total. The van der Waals surface area contributed by atoms with E-state index in [0.29, 0.717) is 23.5 Å². The molecule has 0 atom stereocenters. The Morgan fingerprint density at radius 1 is 1.16 bits per heavy atom. The molecule has 0 bridgehead atoms. The fourth-order valence-corrected chi connectivity index (χ4v) is 2.57. The van der Waals surface area contributed by atoms with Crippen molar-refractivity contribution in [3.63, 3.8) is 0 Å². The number of rotatable bonds is 8. The normalized spacial score (nSPS) is 11.0. The van der Waals surface area contributed by atoms with Gasteiger partial charge < -0.3 is 10.1 Å². The van der Waals surface area contributed by atoms with Crippen LogP contribution in [-0.2, 0) is 10.0 Å². The summed E-state index contributed by atoms with van der Waals surface area (Å²) < 4.78 is 31.2. The molecule has 0 aliphatic rings. The summed E-state index contributed by atoms with van der Waals surface area (Å²) in [6, 6.07) is 9.68. The predicted octanol–water partition coefficient (Wildman–Crippen LogP) is 2.78. The van der Waals surface area contributed by atoms with Crippen molar-refractivity contribution in [1.82, 2.24) is 10.3 Å². The summed E-state index contributed by atoms with van der Waals surface area (Å²) >= 11 is 0. The molecule has 0 spiro atoms. The van der Waals surface area contributed by atoms with Gasteiger partial charge in [-0.25, -0.2) is 13.4 Å². The number of sulfonamides is 1. The molecule has 134 valence electrons. The maximum Gasteiger partial charge on any atom is 0.256 e. The summed E-state index contributed by atoms with van der Waals surface area (Å²) in [6.07, 6.45) is 2.37. The third-order valence-electron chi connectivity index (χ3n) is 3.27. The highest BCUT2D eigenvalue weighted by atomic mass is 32.2. The van der Waals surface area contributed by atoms with E-state index >= 15 is 0 Å². The van der Waals surface area contributed by atoms with Crippen molar-refractivity contribution in [3.8, 4) is 11.6 Å². The summed E-state index contributed by atoms with van der Waals surface area (Å²) in [4.78, 5) is 16.3. The molecule has 0 fully saturated rings. The maximum absolute atomic E-state index is 12.2. The standard InChI is InChI=1S/C17H21N3O4S/c1-3-11-18-16(21)15-6-5-12-19-17(15)24-14-9-7-13(8-10-14)20-25(22,23)4-2/h5-10,12,20H,3-4,11H2,1-2H3,(H,18,21). The Kier molecular flexibility index (Phi) is 6.35. The lowest BCUT2D eigenvalue weighted by molar-refractivity contribution is 0.0950. The van der Waals surface area contributed by atoms with Crippen molar-refractivity contribution in [3.05, 3.63) is 48.2 Å². The Bertz CT molecular complexity index is 820. The molecule has 0 unspecified atom stereocenters. The van der Waals surface area contributed by atoms with Gasteiger partial charge in [0.05, 0.1) is 5.75 Å². The van der Waals surface area contributed by atoms with E-state index in [4.69, 9.17) is 4.74 Å². The monoisotopic (exact) mass is 363 g/mol. The number of carbonyl (C=O) groups excluding carboxylic acids is 1. The summed E-state index contributed by atoms with van der Waals surface area (Å²) in [5.41, 5.74) is 0.780. The second-order valence-corrected chi connectivity index (χ2v) is 7.25. The highest BCUT2D eigenvalue weighted by Gasteiger charge is 2.14. The number of hydrogen-bond donors (Lipinski definition) is 2. The molecule has 0 radical (unpaired) electrons. The van der Waals surface area contributed by atoms with Gasteiger partial charge >= 0.3 is 0 Å². The van der Waals surface area contributed by atoms with Crippen LogP contribution in [0.1, 0.15) is 30.6 Å². The smallest absolute Gasteiger partial charge is 0.256 e. The fraction of sp³-hybridized carbons (Fsp3) is 0.294. The zero-order valence-electron chi connectivity index (χ0n) is 14.2. The van der Waals surface area contributed by atoms with E-state index in [2.05, 4.69) is 15.0 Å². The zero-order chi connectivity index (χ0) is 18.3. The number of pyridine rings is 1. The maximum atomic E-state index is 12.2. The zero-order valence-corrected chi connectivity index (χ0v) is 15.0. The molecule has 0 saturated heterocycles. The summed E-state index contributed by atoms with van der Waals surface area (Å²) in [6.45, 7) is 4.10. The molecule has 0 aliphatic carbocycles. The third-order valence-corrected chi connectivity index (χ3v) is 4.58. The lowest BCUT2D eigenvalue weighted by Crippen LogP contribution is -2.24. The van der Waals surface area contributed by atoms with Gasteiger partial charge in [-0.15, -0.1) is 0 Å². The number of anilines is 1. The molecule has 1 amide bonds. The van der Waals surface area contributed by atoms with E-state index in [9.17, 15) is 13.2 Å². The number of ether oxygens (including phenoxy) is 1. The van der Waals surface area contributed by atoms with Gasteiger partial charge in [-0.3, -0.25) is 9.52 Å². The van der Waals surface area contributed by atoms with Gasteiger partial charge in [-0.1, -0.05) is 6.92 Å². The molecule has 1 heterocycles. The number of nitrogens with one attached hydrogen (secondary N) is 2. The van der Waals surface area contributed by atoms with Gasteiger partial charge in [0.2, 0.25) is 15.9 Å². The second-order valence-electron chi connectivity index (χ2n) is 5.24. The van der Waals surface area contributed by atoms with Crippen molar-refractivity contribution in [2.24, 2.45) is 0 Å². The van der Waals surface area contributed by atoms with Gasteiger partial charge in [0, 0.05) is 18.4 Å². The molecule has 2 rings (SSSR count). The van der Waals surface area contributed by atoms with E-state index < -0.39 is 10.0 Å². The number of nitrogens with zero attached hydrogens (tertiary/aromatic N) is 1. The SMILES string of the molecule is CCCNC(=O)c1cccnc1Oc1ccc(NS(=O)(=O)CC)cc1. The van der Waals surface area contributed by atoms with E-state index in [0.717, 1.165) is 6.42 Å². The predicted molar refractivity (Wildman–Crippen MR) is 96.5 cm³/mol.